The summed E-state index contributed by atoms with van der Waals surface area (Å²) in [5.74, 6) is -0.833. The van der Waals surface area contributed by atoms with Crippen molar-refractivity contribution >= 4 is 5.78 Å². The van der Waals surface area contributed by atoms with Gasteiger partial charge in [0, 0.05) is 5.56 Å². The maximum Gasteiger partial charge on any atom is 0.402 e. The van der Waals surface area contributed by atoms with Crippen molar-refractivity contribution in [2.24, 2.45) is 5.41 Å². The molecule has 0 amide bonds. The highest BCUT2D eigenvalue weighted by Crippen LogP contribution is 2.50. The van der Waals surface area contributed by atoms with E-state index in [9.17, 15) is 18.0 Å². The Bertz CT molecular complexity index is 476. The van der Waals surface area contributed by atoms with Gasteiger partial charge in [0.2, 0.25) is 0 Å². The third-order valence-electron chi connectivity index (χ3n) is 3.22. The number of rotatable bonds is 2. The van der Waals surface area contributed by atoms with E-state index in [2.05, 4.69) is 6.58 Å². The van der Waals surface area contributed by atoms with Crippen LogP contribution in [0.15, 0.2) is 36.9 Å². The standard InChI is InChI=1S/C13H11F3O/c1-2-7-12(13(14,15)16)8-9-5-3-4-6-10(9)11(12)17/h2-6H,1,7-8H2. The number of fused-ring (bicyclic) bond motifs is 1. The molecular formula is C13H11F3O. The lowest BCUT2D eigenvalue weighted by Crippen LogP contribution is -2.42. The van der Waals surface area contributed by atoms with Crippen LogP contribution < -0.4 is 0 Å². The van der Waals surface area contributed by atoms with Crippen LogP contribution in [0.1, 0.15) is 22.3 Å². The molecule has 1 atom stereocenters. The Morgan fingerprint density at radius 2 is 2.00 bits per heavy atom. The number of halogens is 3. The topological polar surface area (TPSA) is 17.1 Å². The van der Waals surface area contributed by atoms with Crippen LogP contribution >= 0.6 is 0 Å². The molecule has 2 rings (SSSR count). The number of carbonyl (C=O) groups excluding carboxylic acids is 1. The van der Waals surface area contributed by atoms with Gasteiger partial charge in [-0.05, 0) is 18.4 Å². The van der Waals surface area contributed by atoms with E-state index in [4.69, 9.17) is 0 Å². The molecule has 1 aromatic carbocycles. The highest BCUT2D eigenvalue weighted by Gasteiger charge is 2.62. The van der Waals surface area contributed by atoms with E-state index in [0.29, 0.717) is 5.56 Å². The van der Waals surface area contributed by atoms with Gasteiger partial charge >= 0.3 is 6.18 Å². The van der Waals surface area contributed by atoms with Gasteiger partial charge in [-0.2, -0.15) is 13.2 Å². The number of Topliss-reactive ketones (excluding diaryl/α,β-unsaturated/α-hetero) is 1. The van der Waals surface area contributed by atoms with E-state index < -0.39 is 17.4 Å². The van der Waals surface area contributed by atoms with Gasteiger partial charge in [0.05, 0.1) is 0 Å². The summed E-state index contributed by atoms with van der Waals surface area (Å²) in [6, 6.07) is 6.25. The molecule has 0 aromatic heterocycles. The molecule has 17 heavy (non-hydrogen) atoms. The van der Waals surface area contributed by atoms with Crippen molar-refractivity contribution in [3.8, 4) is 0 Å². The zero-order valence-electron chi connectivity index (χ0n) is 9.05. The van der Waals surface area contributed by atoms with Crippen LogP contribution in [0.5, 0.6) is 0 Å². The Hall–Kier alpha value is -1.58. The molecule has 0 spiro atoms. The number of allylic oxidation sites excluding steroid dienone is 1. The Labute approximate surface area is 96.9 Å². The number of hydrogen-bond acceptors (Lipinski definition) is 1. The fourth-order valence-electron chi connectivity index (χ4n) is 2.32. The van der Waals surface area contributed by atoms with Crippen LogP contribution in [0, 0.1) is 5.41 Å². The normalized spacial score (nSPS) is 23.6. The van der Waals surface area contributed by atoms with E-state index in [1.165, 1.54) is 6.07 Å². The van der Waals surface area contributed by atoms with Gasteiger partial charge in [-0.3, -0.25) is 4.79 Å². The molecule has 1 aromatic rings. The molecule has 0 saturated heterocycles. The molecule has 1 nitrogen and oxygen atoms in total. The Morgan fingerprint density at radius 1 is 1.35 bits per heavy atom. The second-order valence-corrected chi connectivity index (χ2v) is 4.24. The van der Waals surface area contributed by atoms with Gasteiger partial charge in [-0.1, -0.05) is 30.3 Å². The SMILES string of the molecule is C=CCC1(C(F)(F)F)Cc2ccccc2C1=O. The minimum atomic E-state index is -4.54. The monoisotopic (exact) mass is 240 g/mol. The van der Waals surface area contributed by atoms with Crippen LogP contribution in [0.25, 0.3) is 0 Å². The zero-order chi connectivity index (χ0) is 12.7. The molecule has 0 fully saturated rings. The molecular weight excluding hydrogens is 229 g/mol. The summed E-state index contributed by atoms with van der Waals surface area (Å²) in [7, 11) is 0. The molecule has 0 N–H and O–H groups in total. The molecule has 0 aliphatic heterocycles. The lowest BCUT2D eigenvalue weighted by Gasteiger charge is -2.28. The van der Waals surface area contributed by atoms with Crippen molar-refractivity contribution in [3.63, 3.8) is 0 Å². The fraction of sp³-hybridized carbons (Fsp3) is 0.308. The van der Waals surface area contributed by atoms with Crippen molar-refractivity contribution < 1.29 is 18.0 Å². The first kappa shape index (κ1) is 11.9. The number of alkyl halides is 3. The third kappa shape index (κ3) is 1.59. The Kier molecular flexibility index (Phi) is 2.60. The molecule has 0 radical (unpaired) electrons. The summed E-state index contributed by atoms with van der Waals surface area (Å²) in [5.41, 5.74) is -1.65. The smallest absolute Gasteiger partial charge is 0.293 e. The predicted molar refractivity (Wildman–Crippen MR) is 57.8 cm³/mol. The Balaban J connectivity index is 2.54. The van der Waals surface area contributed by atoms with E-state index in [1.54, 1.807) is 18.2 Å². The summed E-state index contributed by atoms with van der Waals surface area (Å²) < 4.78 is 39.4. The van der Waals surface area contributed by atoms with Gasteiger partial charge in [-0.25, -0.2) is 0 Å². The summed E-state index contributed by atoms with van der Waals surface area (Å²) in [6.45, 7) is 3.33. The van der Waals surface area contributed by atoms with E-state index in [-0.39, 0.29) is 18.4 Å². The molecule has 1 aliphatic rings. The summed E-state index contributed by atoms with van der Waals surface area (Å²) in [6.07, 6.45) is -4.03. The molecule has 0 bridgehead atoms. The van der Waals surface area contributed by atoms with Gasteiger partial charge in [0.15, 0.2) is 5.78 Å². The van der Waals surface area contributed by atoms with Crippen molar-refractivity contribution in [1.29, 1.82) is 0 Å². The molecule has 90 valence electrons. The summed E-state index contributed by atoms with van der Waals surface area (Å²) in [5, 5.41) is 0. The minimum absolute atomic E-state index is 0.187. The maximum atomic E-state index is 13.1. The number of carbonyl (C=O) groups is 1. The zero-order valence-corrected chi connectivity index (χ0v) is 9.05. The largest absolute Gasteiger partial charge is 0.402 e. The van der Waals surface area contributed by atoms with E-state index in [1.807, 2.05) is 0 Å². The second kappa shape index (κ2) is 3.72. The third-order valence-corrected chi connectivity index (χ3v) is 3.22. The van der Waals surface area contributed by atoms with Crippen molar-refractivity contribution in [2.75, 3.05) is 0 Å². The Morgan fingerprint density at radius 3 is 2.53 bits per heavy atom. The number of ketones is 1. The molecule has 1 unspecified atom stereocenters. The first-order valence-electron chi connectivity index (χ1n) is 5.23. The highest BCUT2D eigenvalue weighted by atomic mass is 19.4. The van der Waals surface area contributed by atoms with Crippen LogP contribution in [0.3, 0.4) is 0 Å². The number of hydrogen-bond donors (Lipinski definition) is 0. The quantitative estimate of drug-likeness (QED) is 0.722. The van der Waals surface area contributed by atoms with Crippen molar-refractivity contribution in [1.82, 2.24) is 0 Å². The van der Waals surface area contributed by atoms with Crippen molar-refractivity contribution in [3.05, 3.63) is 48.0 Å². The minimum Gasteiger partial charge on any atom is -0.293 e. The highest BCUT2D eigenvalue weighted by molar-refractivity contribution is 6.05. The second-order valence-electron chi connectivity index (χ2n) is 4.24. The predicted octanol–water partition coefficient (Wildman–Crippen LogP) is 3.55. The molecule has 0 saturated carbocycles. The molecule has 1 aliphatic carbocycles. The lowest BCUT2D eigenvalue weighted by atomic mass is 9.79. The number of benzene rings is 1. The lowest BCUT2D eigenvalue weighted by molar-refractivity contribution is -0.201. The summed E-state index contributed by atoms with van der Waals surface area (Å²) >= 11 is 0. The first-order valence-corrected chi connectivity index (χ1v) is 5.23. The fourth-order valence-corrected chi connectivity index (χ4v) is 2.32. The summed E-state index contributed by atoms with van der Waals surface area (Å²) in [4.78, 5) is 12.0. The molecule has 0 heterocycles. The molecule has 4 heteroatoms. The first-order chi connectivity index (χ1) is 7.92. The van der Waals surface area contributed by atoms with Gasteiger partial charge < -0.3 is 0 Å². The van der Waals surface area contributed by atoms with Gasteiger partial charge in [-0.15, -0.1) is 6.58 Å². The van der Waals surface area contributed by atoms with Crippen LogP contribution in [0.4, 0.5) is 13.2 Å². The van der Waals surface area contributed by atoms with E-state index in [0.717, 1.165) is 6.08 Å². The van der Waals surface area contributed by atoms with Crippen LogP contribution in [-0.4, -0.2) is 12.0 Å². The average Bonchev–Trinajstić information content (AvgIpc) is 2.54. The van der Waals surface area contributed by atoms with Crippen LogP contribution in [0.2, 0.25) is 0 Å². The van der Waals surface area contributed by atoms with E-state index >= 15 is 0 Å². The van der Waals surface area contributed by atoms with Gasteiger partial charge in [0.1, 0.15) is 5.41 Å². The average molecular weight is 240 g/mol. The van der Waals surface area contributed by atoms with Crippen molar-refractivity contribution in [2.45, 2.75) is 19.0 Å². The maximum absolute atomic E-state index is 13.1. The van der Waals surface area contributed by atoms with Crippen LogP contribution in [-0.2, 0) is 6.42 Å². The van der Waals surface area contributed by atoms with Gasteiger partial charge in [0.25, 0.3) is 0 Å².